The molecule has 0 amide bonds. The Morgan fingerprint density at radius 3 is 2.71 bits per heavy atom. The van der Waals surface area contributed by atoms with E-state index in [1.165, 1.54) is 7.11 Å². The van der Waals surface area contributed by atoms with Crippen molar-refractivity contribution in [3.8, 4) is 11.6 Å². The predicted octanol–water partition coefficient (Wildman–Crippen LogP) is 2.94. The van der Waals surface area contributed by atoms with Crippen LogP contribution in [-0.4, -0.2) is 22.0 Å². The van der Waals surface area contributed by atoms with Crippen LogP contribution in [0.25, 0.3) is 0 Å². The number of aryl methyl sites for hydroxylation is 2. The summed E-state index contributed by atoms with van der Waals surface area (Å²) in [6.07, 6.45) is 0. The normalized spacial score (nSPS) is 10.4. The summed E-state index contributed by atoms with van der Waals surface area (Å²) in [7, 11) is 1.54. The molecule has 0 fully saturated rings. The minimum atomic E-state index is -0.464. The number of nitrogens with zero attached hydrogens (tertiary/aromatic N) is 3. The van der Waals surface area contributed by atoms with Crippen molar-refractivity contribution < 1.29 is 14.4 Å². The van der Waals surface area contributed by atoms with Crippen LogP contribution in [0.15, 0.2) is 24.3 Å². The van der Waals surface area contributed by atoms with Crippen LogP contribution in [0.4, 0.5) is 5.69 Å². The largest absolute Gasteiger partial charge is 0.432 e. The van der Waals surface area contributed by atoms with Gasteiger partial charge in [0.15, 0.2) is 5.82 Å². The number of ether oxygens (including phenoxy) is 2. The lowest BCUT2D eigenvalue weighted by molar-refractivity contribution is -0.386. The third-order valence-electron chi connectivity index (χ3n) is 2.75. The van der Waals surface area contributed by atoms with Gasteiger partial charge in [0.2, 0.25) is 11.6 Å². The first-order valence-electron chi connectivity index (χ1n) is 6.26. The molecule has 0 aliphatic carbocycles. The summed E-state index contributed by atoms with van der Waals surface area (Å²) in [6.45, 7) is 3.69. The Kier molecular flexibility index (Phi) is 4.44. The Morgan fingerprint density at radius 1 is 1.29 bits per heavy atom. The third-order valence-corrected chi connectivity index (χ3v) is 2.75. The smallest absolute Gasteiger partial charge is 0.314 e. The number of rotatable bonds is 5. The number of nitro groups is 1. The lowest BCUT2D eigenvalue weighted by Crippen LogP contribution is -2.02. The van der Waals surface area contributed by atoms with E-state index in [1.807, 2.05) is 0 Å². The second-order valence-electron chi connectivity index (χ2n) is 4.48. The summed E-state index contributed by atoms with van der Waals surface area (Å²) < 4.78 is 10.6. The number of methoxy groups -OCH3 is 1. The van der Waals surface area contributed by atoms with E-state index < -0.39 is 4.92 Å². The minimum Gasteiger partial charge on any atom is -0.432 e. The summed E-state index contributed by atoms with van der Waals surface area (Å²) in [4.78, 5) is 19.0. The van der Waals surface area contributed by atoms with Gasteiger partial charge in [-0.1, -0.05) is 12.1 Å². The van der Waals surface area contributed by atoms with Crippen LogP contribution in [0.2, 0.25) is 0 Å². The Morgan fingerprint density at radius 2 is 2.05 bits per heavy atom. The fourth-order valence-electron chi connectivity index (χ4n) is 1.91. The lowest BCUT2D eigenvalue weighted by Gasteiger charge is -2.08. The topological polar surface area (TPSA) is 87.4 Å². The van der Waals surface area contributed by atoms with Crippen LogP contribution in [0.3, 0.4) is 0 Å². The second-order valence-corrected chi connectivity index (χ2v) is 4.48. The first kappa shape index (κ1) is 14.9. The van der Waals surface area contributed by atoms with Gasteiger partial charge in [-0.2, -0.15) is 4.98 Å². The molecule has 0 bridgehead atoms. The van der Waals surface area contributed by atoms with Gasteiger partial charge in [-0.15, -0.1) is 0 Å². The van der Waals surface area contributed by atoms with Crippen molar-refractivity contribution in [3.05, 3.63) is 51.5 Å². The number of nitro benzene ring substituents is 1. The van der Waals surface area contributed by atoms with Gasteiger partial charge in [0.1, 0.15) is 6.61 Å². The van der Waals surface area contributed by atoms with E-state index in [2.05, 4.69) is 9.97 Å². The predicted molar refractivity (Wildman–Crippen MR) is 75.4 cm³/mol. The van der Waals surface area contributed by atoms with Crippen LogP contribution < -0.4 is 4.74 Å². The van der Waals surface area contributed by atoms with Crippen molar-refractivity contribution in [1.82, 2.24) is 9.97 Å². The number of para-hydroxylation sites is 1. The standard InChI is InChI=1S/C14H15N3O4/c1-9-5-4-6-11(14(9)17(18)19)21-13-7-10(2)15-12(16-13)8-20-3/h4-7H,8H2,1-3H3. The van der Waals surface area contributed by atoms with E-state index in [1.54, 1.807) is 38.1 Å². The quantitative estimate of drug-likeness (QED) is 0.621. The van der Waals surface area contributed by atoms with Crippen molar-refractivity contribution in [3.63, 3.8) is 0 Å². The monoisotopic (exact) mass is 289 g/mol. The molecule has 1 aromatic heterocycles. The van der Waals surface area contributed by atoms with Gasteiger partial charge in [-0.25, -0.2) is 4.98 Å². The van der Waals surface area contributed by atoms with Gasteiger partial charge in [0.05, 0.1) is 4.92 Å². The van der Waals surface area contributed by atoms with E-state index in [0.717, 1.165) is 0 Å². The molecule has 0 N–H and O–H groups in total. The molecule has 21 heavy (non-hydrogen) atoms. The molecular formula is C14H15N3O4. The average molecular weight is 289 g/mol. The van der Waals surface area contributed by atoms with E-state index in [4.69, 9.17) is 9.47 Å². The van der Waals surface area contributed by atoms with Crippen molar-refractivity contribution >= 4 is 5.69 Å². The second kappa shape index (κ2) is 6.27. The molecule has 0 spiro atoms. The van der Waals surface area contributed by atoms with Gasteiger partial charge in [-0.3, -0.25) is 10.1 Å². The number of aromatic nitrogens is 2. The molecular weight excluding hydrogens is 274 g/mol. The Bertz CT molecular complexity index is 673. The summed E-state index contributed by atoms with van der Waals surface area (Å²) in [6, 6.07) is 6.51. The maximum Gasteiger partial charge on any atom is 0.314 e. The van der Waals surface area contributed by atoms with Gasteiger partial charge >= 0.3 is 5.69 Å². The van der Waals surface area contributed by atoms with Crippen molar-refractivity contribution in [1.29, 1.82) is 0 Å². The fraction of sp³-hybridized carbons (Fsp3) is 0.286. The van der Waals surface area contributed by atoms with E-state index in [9.17, 15) is 10.1 Å². The third kappa shape index (κ3) is 3.51. The zero-order valence-corrected chi connectivity index (χ0v) is 12.0. The summed E-state index contributed by atoms with van der Waals surface area (Å²) in [5.41, 5.74) is 1.16. The van der Waals surface area contributed by atoms with Crippen molar-refractivity contribution in [2.24, 2.45) is 0 Å². The minimum absolute atomic E-state index is 0.0675. The van der Waals surface area contributed by atoms with Crippen LogP contribution in [0, 0.1) is 24.0 Å². The molecule has 2 rings (SSSR count). The molecule has 110 valence electrons. The summed E-state index contributed by atoms with van der Waals surface area (Å²) >= 11 is 0. The molecule has 0 aliphatic heterocycles. The first-order chi connectivity index (χ1) is 10.0. The van der Waals surface area contributed by atoms with Crippen LogP contribution in [-0.2, 0) is 11.3 Å². The van der Waals surface area contributed by atoms with E-state index in [-0.39, 0.29) is 23.9 Å². The van der Waals surface area contributed by atoms with Gasteiger partial charge in [0, 0.05) is 24.4 Å². The SMILES string of the molecule is COCc1nc(C)cc(Oc2cccc(C)c2[N+](=O)[O-])n1. The molecule has 1 aromatic carbocycles. The summed E-state index contributed by atoms with van der Waals surface area (Å²) in [5.74, 6) is 0.868. The van der Waals surface area contributed by atoms with Crippen LogP contribution >= 0.6 is 0 Å². The van der Waals surface area contributed by atoms with Crippen molar-refractivity contribution in [2.75, 3.05) is 7.11 Å². The molecule has 0 atom stereocenters. The molecule has 7 nitrogen and oxygen atoms in total. The first-order valence-corrected chi connectivity index (χ1v) is 6.26. The van der Waals surface area contributed by atoms with Crippen molar-refractivity contribution in [2.45, 2.75) is 20.5 Å². The molecule has 0 radical (unpaired) electrons. The maximum absolute atomic E-state index is 11.1. The molecule has 0 aliphatic rings. The highest BCUT2D eigenvalue weighted by atomic mass is 16.6. The Balaban J connectivity index is 2.38. The molecule has 0 unspecified atom stereocenters. The lowest BCUT2D eigenvalue weighted by atomic mass is 10.2. The molecule has 1 heterocycles. The molecule has 2 aromatic rings. The number of benzene rings is 1. The zero-order valence-electron chi connectivity index (χ0n) is 12.0. The average Bonchev–Trinajstić information content (AvgIpc) is 2.37. The van der Waals surface area contributed by atoms with Crippen LogP contribution in [0.5, 0.6) is 11.6 Å². The maximum atomic E-state index is 11.1. The Labute approximate surface area is 121 Å². The highest BCUT2D eigenvalue weighted by Crippen LogP contribution is 2.33. The molecule has 0 saturated heterocycles. The number of hydrogen-bond donors (Lipinski definition) is 0. The van der Waals surface area contributed by atoms with Gasteiger partial charge in [0.25, 0.3) is 0 Å². The number of hydrogen-bond acceptors (Lipinski definition) is 6. The highest BCUT2D eigenvalue weighted by Gasteiger charge is 2.19. The molecule has 0 saturated carbocycles. The van der Waals surface area contributed by atoms with Gasteiger partial charge in [-0.05, 0) is 19.9 Å². The zero-order chi connectivity index (χ0) is 15.4. The fourth-order valence-corrected chi connectivity index (χ4v) is 1.91. The van der Waals surface area contributed by atoms with E-state index in [0.29, 0.717) is 17.1 Å². The Hall–Kier alpha value is -2.54. The van der Waals surface area contributed by atoms with E-state index >= 15 is 0 Å². The summed E-state index contributed by atoms with van der Waals surface area (Å²) in [5, 5.41) is 11.1. The van der Waals surface area contributed by atoms with Gasteiger partial charge < -0.3 is 9.47 Å². The highest BCUT2D eigenvalue weighted by molar-refractivity contribution is 5.53. The van der Waals surface area contributed by atoms with Crippen LogP contribution in [0.1, 0.15) is 17.1 Å². The molecule has 7 heteroatoms.